The molecule has 0 atom stereocenters. The zero-order valence-corrected chi connectivity index (χ0v) is 16.7. The van der Waals surface area contributed by atoms with Gasteiger partial charge in [0, 0.05) is 10.9 Å². The van der Waals surface area contributed by atoms with Crippen LogP contribution in [0.5, 0.6) is 5.75 Å². The molecule has 0 spiro atoms. The minimum absolute atomic E-state index is 0.00520. The molecule has 2 aromatic carbocycles. The molecule has 0 bridgehead atoms. The first kappa shape index (κ1) is 20.8. The molecule has 0 aliphatic heterocycles. The molecule has 28 heavy (non-hydrogen) atoms. The van der Waals surface area contributed by atoms with E-state index in [9.17, 15) is 8.78 Å². The van der Waals surface area contributed by atoms with Crippen LogP contribution in [0.1, 0.15) is 69.4 Å². The lowest BCUT2D eigenvalue weighted by Crippen LogP contribution is -2.16. The van der Waals surface area contributed by atoms with Gasteiger partial charge in [-0.25, -0.2) is 4.39 Å². The van der Waals surface area contributed by atoms with Crippen LogP contribution in [0.4, 0.5) is 13.2 Å². The van der Waals surface area contributed by atoms with Gasteiger partial charge in [0.1, 0.15) is 11.6 Å². The second kappa shape index (κ2) is 9.49. The van der Waals surface area contributed by atoms with Gasteiger partial charge in [0.05, 0.1) is 0 Å². The molecule has 0 N–H and O–H groups in total. The second-order valence-corrected chi connectivity index (χ2v) is 7.75. The Bertz CT molecular complexity index is 820. The summed E-state index contributed by atoms with van der Waals surface area (Å²) in [5, 5.41) is 1.11. The minimum Gasteiger partial charge on any atom is -0.434 e. The van der Waals surface area contributed by atoms with Gasteiger partial charge in [-0.1, -0.05) is 37.3 Å². The monoisotopic (exact) mass is 390 g/mol. The van der Waals surface area contributed by atoms with Crippen molar-refractivity contribution in [3.05, 3.63) is 53.4 Å². The first-order chi connectivity index (χ1) is 13.5. The summed E-state index contributed by atoms with van der Waals surface area (Å²) in [7, 11) is 0. The number of fused-ring (bicyclic) bond motifs is 1. The lowest BCUT2D eigenvalue weighted by Gasteiger charge is -2.30. The molecule has 1 nitrogen and oxygen atoms in total. The summed E-state index contributed by atoms with van der Waals surface area (Å²) in [5.41, 5.74) is 1.38. The summed E-state index contributed by atoms with van der Waals surface area (Å²) in [6, 6.07) is 7.12. The van der Waals surface area contributed by atoms with Gasteiger partial charge in [0.25, 0.3) is 0 Å². The largest absolute Gasteiger partial charge is 0.434 e. The summed E-state index contributed by atoms with van der Waals surface area (Å²) in [6.07, 6.45) is 10.9. The Morgan fingerprint density at radius 1 is 1.14 bits per heavy atom. The average molecular weight is 390 g/mol. The van der Waals surface area contributed by atoms with Crippen molar-refractivity contribution < 1.29 is 17.9 Å². The molecule has 152 valence electrons. The summed E-state index contributed by atoms with van der Waals surface area (Å²) >= 11 is 0. The summed E-state index contributed by atoms with van der Waals surface area (Å²) < 4.78 is 46.3. The highest BCUT2D eigenvalue weighted by molar-refractivity contribution is 5.86. The normalized spacial score (nSPS) is 20.4. The molecule has 4 heteroatoms. The van der Waals surface area contributed by atoms with Crippen molar-refractivity contribution >= 4 is 10.8 Å². The van der Waals surface area contributed by atoms with E-state index in [0.717, 1.165) is 50.5 Å². The molecular weight excluding hydrogens is 361 g/mol. The van der Waals surface area contributed by atoms with Gasteiger partial charge in [-0.05, 0) is 80.7 Å². The molecule has 1 aliphatic rings. The Hall–Kier alpha value is -1.97. The van der Waals surface area contributed by atoms with E-state index in [1.165, 1.54) is 0 Å². The highest BCUT2D eigenvalue weighted by atomic mass is 19.3. The molecule has 0 aromatic heterocycles. The van der Waals surface area contributed by atoms with Crippen molar-refractivity contribution in [2.45, 2.75) is 71.3 Å². The van der Waals surface area contributed by atoms with Gasteiger partial charge in [-0.3, -0.25) is 0 Å². The molecule has 2 aromatic rings. The van der Waals surface area contributed by atoms with Crippen molar-refractivity contribution in [3.63, 3.8) is 0 Å². The van der Waals surface area contributed by atoms with Crippen LogP contribution in [0, 0.1) is 11.7 Å². The van der Waals surface area contributed by atoms with Gasteiger partial charge < -0.3 is 4.74 Å². The van der Waals surface area contributed by atoms with Crippen LogP contribution in [0.25, 0.3) is 10.8 Å². The lowest BCUT2D eigenvalue weighted by atomic mass is 9.76. The van der Waals surface area contributed by atoms with E-state index in [0.29, 0.717) is 22.3 Å². The topological polar surface area (TPSA) is 9.23 Å². The highest BCUT2D eigenvalue weighted by Gasteiger charge is 2.29. The lowest BCUT2D eigenvalue weighted by molar-refractivity contribution is -0.0508. The van der Waals surface area contributed by atoms with Gasteiger partial charge in [-0.15, -0.1) is 0 Å². The van der Waals surface area contributed by atoms with Crippen LogP contribution in [-0.2, 0) is 6.42 Å². The molecule has 0 radical (unpaired) electrons. The maximum Gasteiger partial charge on any atom is 0.387 e. The first-order valence-corrected chi connectivity index (χ1v) is 10.3. The Kier molecular flexibility index (Phi) is 7.03. The molecule has 0 heterocycles. The van der Waals surface area contributed by atoms with Gasteiger partial charge in [0.2, 0.25) is 0 Å². The van der Waals surface area contributed by atoms with Crippen molar-refractivity contribution in [1.29, 1.82) is 0 Å². The van der Waals surface area contributed by atoms with Gasteiger partial charge in [0.15, 0.2) is 0 Å². The maximum atomic E-state index is 15.4. The van der Waals surface area contributed by atoms with Crippen molar-refractivity contribution in [2.75, 3.05) is 0 Å². The number of allylic oxidation sites excluding steroid dienone is 2. The smallest absolute Gasteiger partial charge is 0.387 e. The third kappa shape index (κ3) is 4.71. The van der Waals surface area contributed by atoms with E-state index in [4.69, 9.17) is 4.74 Å². The average Bonchev–Trinajstić information content (AvgIpc) is 2.68. The number of ether oxygens (including phenoxy) is 1. The van der Waals surface area contributed by atoms with E-state index >= 15 is 4.39 Å². The fourth-order valence-corrected chi connectivity index (χ4v) is 4.44. The molecule has 1 aliphatic carbocycles. The van der Waals surface area contributed by atoms with E-state index in [1.54, 1.807) is 12.1 Å². The molecular formula is C24H29F3O. The third-order valence-electron chi connectivity index (χ3n) is 6.00. The number of hydrogen-bond donors (Lipinski definition) is 0. The number of hydrogen-bond acceptors (Lipinski definition) is 1. The SMILES string of the molecule is C/C=C/CCC1CCC(c2c(OC(F)F)cc3cc(CC)ccc3c2F)CC1. The van der Waals surface area contributed by atoms with Gasteiger partial charge in [-0.2, -0.15) is 8.78 Å². The quantitative estimate of drug-likeness (QED) is 0.439. The molecule has 1 fully saturated rings. The Morgan fingerprint density at radius 3 is 2.54 bits per heavy atom. The summed E-state index contributed by atoms with van der Waals surface area (Å²) in [6.45, 7) is 1.08. The Morgan fingerprint density at radius 2 is 1.89 bits per heavy atom. The van der Waals surface area contributed by atoms with Crippen LogP contribution in [0.15, 0.2) is 36.4 Å². The highest BCUT2D eigenvalue weighted by Crippen LogP contribution is 2.44. The predicted octanol–water partition coefficient (Wildman–Crippen LogP) is 7.77. The number of halogens is 3. The van der Waals surface area contributed by atoms with Crippen LogP contribution in [0.3, 0.4) is 0 Å². The van der Waals surface area contributed by atoms with Crippen LogP contribution in [0.2, 0.25) is 0 Å². The predicted molar refractivity (Wildman–Crippen MR) is 109 cm³/mol. The fraction of sp³-hybridized carbons (Fsp3) is 0.500. The number of alkyl halides is 2. The van der Waals surface area contributed by atoms with Crippen molar-refractivity contribution in [1.82, 2.24) is 0 Å². The third-order valence-corrected chi connectivity index (χ3v) is 6.00. The number of rotatable bonds is 7. The molecule has 3 rings (SSSR count). The molecule has 0 saturated heterocycles. The van der Waals surface area contributed by atoms with E-state index < -0.39 is 12.4 Å². The standard InChI is InChI=1S/C24H29F3O/c1-3-5-6-7-17-8-11-18(12-9-17)22-21(28-24(26)27)15-19-14-16(4-2)10-13-20(19)23(22)25/h3,5,10,13-15,17-18,24H,4,6-9,11-12H2,1-2H3/b5-3+. The molecule has 1 saturated carbocycles. The van der Waals surface area contributed by atoms with Crippen molar-refractivity contribution in [2.24, 2.45) is 5.92 Å². The minimum atomic E-state index is -2.96. The molecule has 0 amide bonds. The summed E-state index contributed by atoms with van der Waals surface area (Å²) in [4.78, 5) is 0. The van der Waals surface area contributed by atoms with Crippen molar-refractivity contribution in [3.8, 4) is 5.75 Å². The van der Waals surface area contributed by atoms with Gasteiger partial charge >= 0.3 is 6.61 Å². The maximum absolute atomic E-state index is 15.4. The fourth-order valence-electron chi connectivity index (χ4n) is 4.44. The Labute approximate surface area is 165 Å². The number of aryl methyl sites for hydroxylation is 1. The van der Waals surface area contributed by atoms with Crippen LogP contribution in [-0.4, -0.2) is 6.61 Å². The summed E-state index contributed by atoms with van der Waals surface area (Å²) in [5.74, 6) is 0.170. The molecule has 0 unspecified atom stereocenters. The number of benzene rings is 2. The van der Waals surface area contributed by atoms with Crippen LogP contribution >= 0.6 is 0 Å². The zero-order chi connectivity index (χ0) is 20.1. The second-order valence-electron chi connectivity index (χ2n) is 7.75. The van der Waals surface area contributed by atoms with E-state index in [2.05, 4.69) is 12.2 Å². The first-order valence-electron chi connectivity index (χ1n) is 10.3. The zero-order valence-electron chi connectivity index (χ0n) is 16.7. The van der Waals surface area contributed by atoms with E-state index in [1.807, 2.05) is 26.0 Å². The Balaban J connectivity index is 1.90. The van der Waals surface area contributed by atoms with Crippen LogP contribution < -0.4 is 4.74 Å². The van der Waals surface area contributed by atoms with E-state index in [-0.39, 0.29) is 11.7 Å².